The Kier molecular flexibility index (Phi) is 4.82. The fourth-order valence-electron chi connectivity index (χ4n) is 2.04. The zero-order valence-electron chi connectivity index (χ0n) is 11.0. The van der Waals surface area contributed by atoms with Crippen molar-refractivity contribution in [2.24, 2.45) is 0 Å². The van der Waals surface area contributed by atoms with Gasteiger partial charge in [-0.15, -0.1) is 0 Å². The van der Waals surface area contributed by atoms with Crippen LogP contribution in [0.25, 0.3) is 0 Å². The number of hydrogen-bond donors (Lipinski definition) is 1. The molecule has 1 unspecified atom stereocenters. The maximum atomic E-state index is 10.4. The molecule has 1 nitrogen and oxygen atoms in total. The first-order valence-electron chi connectivity index (χ1n) is 6.16. The number of benzene rings is 2. The van der Waals surface area contributed by atoms with Gasteiger partial charge in [0.2, 0.25) is 0 Å². The minimum absolute atomic E-state index is 0.496. The molecule has 0 saturated carbocycles. The molecule has 0 saturated heterocycles. The third-order valence-electron chi connectivity index (χ3n) is 3.32. The molecule has 0 aliphatic rings. The summed E-state index contributed by atoms with van der Waals surface area (Å²) in [6, 6.07) is 12.2. The van der Waals surface area contributed by atoms with E-state index >= 15 is 0 Å². The second kappa shape index (κ2) is 6.21. The van der Waals surface area contributed by atoms with Crippen LogP contribution in [-0.2, 0) is 6.42 Å². The highest BCUT2D eigenvalue weighted by Crippen LogP contribution is 2.29. The molecule has 0 amide bonds. The Bertz CT molecular complexity index is 593. The van der Waals surface area contributed by atoms with Crippen LogP contribution in [0, 0.1) is 13.8 Å². The summed E-state index contributed by atoms with van der Waals surface area (Å²) in [6.07, 6.45) is 0.131. The quantitative estimate of drug-likeness (QED) is 0.781. The summed E-state index contributed by atoms with van der Waals surface area (Å²) in [7, 11) is 0. The van der Waals surface area contributed by atoms with E-state index in [9.17, 15) is 5.11 Å². The molecule has 0 aliphatic heterocycles. The van der Waals surface area contributed by atoms with Crippen LogP contribution < -0.4 is 0 Å². The highest BCUT2D eigenvalue weighted by Gasteiger charge is 2.12. The van der Waals surface area contributed by atoms with E-state index in [2.05, 4.69) is 63.9 Å². The number of hydrogen-bond acceptors (Lipinski definition) is 1. The summed E-state index contributed by atoms with van der Waals surface area (Å²) in [5, 5.41) is 10.4. The van der Waals surface area contributed by atoms with Gasteiger partial charge >= 0.3 is 0 Å². The molecule has 0 radical (unpaired) electrons. The van der Waals surface area contributed by atoms with Gasteiger partial charge in [0, 0.05) is 15.4 Å². The van der Waals surface area contributed by atoms with Gasteiger partial charge in [-0.05, 0) is 48.2 Å². The lowest BCUT2D eigenvalue weighted by atomic mass is 9.98. The van der Waals surface area contributed by atoms with Gasteiger partial charge in [-0.1, -0.05) is 56.1 Å². The molecular formula is C16H16Br2O. The summed E-state index contributed by atoms with van der Waals surface area (Å²) in [5.74, 6) is 0. The average molecular weight is 384 g/mol. The van der Waals surface area contributed by atoms with Crippen molar-refractivity contribution in [2.75, 3.05) is 0 Å². The van der Waals surface area contributed by atoms with E-state index in [1.54, 1.807) is 0 Å². The Labute approximate surface area is 130 Å². The second-order valence-electron chi connectivity index (χ2n) is 4.80. The van der Waals surface area contributed by atoms with Crippen molar-refractivity contribution in [2.45, 2.75) is 26.4 Å². The van der Waals surface area contributed by atoms with Crippen LogP contribution in [0.2, 0.25) is 0 Å². The van der Waals surface area contributed by atoms with Crippen molar-refractivity contribution >= 4 is 31.9 Å². The van der Waals surface area contributed by atoms with Crippen molar-refractivity contribution in [3.63, 3.8) is 0 Å². The summed E-state index contributed by atoms with van der Waals surface area (Å²) >= 11 is 6.92. The molecule has 0 fully saturated rings. The third-order valence-corrected chi connectivity index (χ3v) is 4.50. The lowest BCUT2D eigenvalue weighted by molar-refractivity contribution is 0.177. The van der Waals surface area contributed by atoms with Gasteiger partial charge in [-0.3, -0.25) is 0 Å². The first-order chi connectivity index (χ1) is 8.97. The molecule has 0 bridgehead atoms. The fraction of sp³-hybridized carbons (Fsp3) is 0.250. The lowest BCUT2D eigenvalue weighted by Crippen LogP contribution is -2.03. The Morgan fingerprint density at radius 3 is 2.37 bits per heavy atom. The molecule has 1 N–H and O–H groups in total. The van der Waals surface area contributed by atoms with Gasteiger partial charge in [-0.2, -0.15) is 0 Å². The highest BCUT2D eigenvalue weighted by atomic mass is 79.9. The smallest absolute Gasteiger partial charge is 0.0841 e. The molecule has 0 spiro atoms. The van der Waals surface area contributed by atoms with Gasteiger partial charge < -0.3 is 5.11 Å². The van der Waals surface area contributed by atoms with Crippen LogP contribution in [0.5, 0.6) is 0 Å². The molecule has 2 rings (SSSR count). The van der Waals surface area contributed by atoms with Crippen molar-refractivity contribution < 1.29 is 5.11 Å². The molecule has 2 aromatic rings. The number of rotatable bonds is 3. The van der Waals surface area contributed by atoms with E-state index in [4.69, 9.17) is 0 Å². The third kappa shape index (κ3) is 3.68. The Balaban J connectivity index is 2.20. The van der Waals surface area contributed by atoms with Gasteiger partial charge in [-0.25, -0.2) is 0 Å². The highest BCUT2D eigenvalue weighted by molar-refractivity contribution is 9.11. The van der Waals surface area contributed by atoms with E-state index < -0.39 is 6.10 Å². The molecule has 0 aliphatic carbocycles. The lowest BCUT2D eigenvalue weighted by Gasteiger charge is -2.14. The SMILES string of the molecule is Cc1ccc(CC(O)c2ccc(Br)cc2Br)cc1C. The Morgan fingerprint density at radius 1 is 1.00 bits per heavy atom. The molecular weight excluding hydrogens is 368 g/mol. The predicted molar refractivity (Wildman–Crippen MR) is 86.4 cm³/mol. The van der Waals surface area contributed by atoms with Gasteiger partial charge in [0.15, 0.2) is 0 Å². The maximum Gasteiger partial charge on any atom is 0.0841 e. The summed E-state index contributed by atoms with van der Waals surface area (Å²) in [5.41, 5.74) is 4.62. The topological polar surface area (TPSA) is 20.2 Å². The van der Waals surface area contributed by atoms with Crippen LogP contribution in [0.1, 0.15) is 28.4 Å². The van der Waals surface area contributed by atoms with E-state index in [0.717, 1.165) is 20.1 Å². The standard InChI is InChI=1S/C16H16Br2O/c1-10-3-4-12(7-11(10)2)8-16(19)14-6-5-13(17)9-15(14)18/h3-7,9,16,19H,8H2,1-2H3. The zero-order valence-corrected chi connectivity index (χ0v) is 14.1. The number of aliphatic hydroxyl groups excluding tert-OH is 1. The Hall–Kier alpha value is -0.640. The van der Waals surface area contributed by atoms with Gasteiger partial charge in [0.05, 0.1) is 6.10 Å². The van der Waals surface area contributed by atoms with Crippen molar-refractivity contribution in [3.8, 4) is 0 Å². The number of aryl methyl sites for hydroxylation is 2. The van der Waals surface area contributed by atoms with Crippen LogP contribution >= 0.6 is 31.9 Å². The minimum atomic E-state index is -0.496. The predicted octanol–water partition coefficient (Wildman–Crippen LogP) is 5.10. The average Bonchev–Trinajstić information content (AvgIpc) is 2.33. The molecule has 1 atom stereocenters. The first kappa shape index (κ1) is 14.8. The monoisotopic (exact) mass is 382 g/mol. The molecule has 100 valence electrons. The summed E-state index contributed by atoms with van der Waals surface area (Å²) in [4.78, 5) is 0. The number of aliphatic hydroxyl groups is 1. The van der Waals surface area contributed by atoms with Crippen LogP contribution in [0.4, 0.5) is 0 Å². The molecule has 3 heteroatoms. The van der Waals surface area contributed by atoms with E-state index in [1.807, 2.05) is 18.2 Å². The van der Waals surface area contributed by atoms with Gasteiger partial charge in [0.1, 0.15) is 0 Å². The molecule has 19 heavy (non-hydrogen) atoms. The van der Waals surface area contributed by atoms with Crippen molar-refractivity contribution in [1.29, 1.82) is 0 Å². The maximum absolute atomic E-state index is 10.4. The molecule has 0 aromatic heterocycles. The van der Waals surface area contributed by atoms with Crippen LogP contribution in [0.3, 0.4) is 0 Å². The minimum Gasteiger partial charge on any atom is -0.388 e. The van der Waals surface area contributed by atoms with Gasteiger partial charge in [0.25, 0.3) is 0 Å². The second-order valence-corrected chi connectivity index (χ2v) is 6.57. The molecule has 0 heterocycles. The van der Waals surface area contributed by atoms with E-state index in [0.29, 0.717) is 6.42 Å². The first-order valence-corrected chi connectivity index (χ1v) is 7.75. The number of halogens is 2. The fourth-order valence-corrected chi connectivity index (χ4v) is 3.35. The zero-order chi connectivity index (χ0) is 14.0. The van der Waals surface area contributed by atoms with Crippen LogP contribution in [0.15, 0.2) is 45.3 Å². The normalized spacial score (nSPS) is 12.5. The largest absolute Gasteiger partial charge is 0.388 e. The van der Waals surface area contributed by atoms with Crippen LogP contribution in [-0.4, -0.2) is 5.11 Å². The molecule has 2 aromatic carbocycles. The van der Waals surface area contributed by atoms with E-state index in [1.165, 1.54) is 11.1 Å². The Morgan fingerprint density at radius 2 is 1.74 bits per heavy atom. The van der Waals surface area contributed by atoms with Crippen molar-refractivity contribution in [1.82, 2.24) is 0 Å². The summed E-state index contributed by atoms with van der Waals surface area (Å²) in [6.45, 7) is 4.20. The summed E-state index contributed by atoms with van der Waals surface area (Å²) < 4.78 is 1.93. The van der Waals surface area contributed by atoms with Crippen molar-refractivity contribution in [3.05, 3.63) is 67.6 Å². The van der Waals surface area contributed by atoms with E-state index in [-0.39, 0.29) is 0 Å².